The third-order valence-electron chi connectivity index (χ3n) is 6.09. The van der Waals surface area contributed by atoms with Gasteiger partial charge < -0.3 is 0 Å². The maximum absolute atomic E-state index is 12.9. The molecule has 4 rings (SSSR count). The van der Waals surface area contributed by atoms with Crippen LogP contribution in [0.2, 0.25) is 0 Å². The lowest BCUT2D eigenvalue weighted by atomic mass is 9.76. The fourth-order valence-corrected chi connectivity index (χ4v) is 4.81. The number of ketones is 1. The molecule has 3 heterocycles. The summed E-state index contributed by atoms with van der Waals surface area (Å²) in [6.07, 6.45) is 6.30. The average Bonchev–Trinajstić information content (AvgIpc) is 2.62. The Labute approximate surface area is 156 Å². The number of hydrogen-bond acceptors (Lipinski definition) is 3. The summed E-state index contributed by atoms with van der Waals surface area (Å²) in [6.45, 7) is 3.01. The Morgan fingerprint density at radius 3 is 2.46 bits per heavy atom. The van der Waals surface area contributed by atoms with Gasteiger partial charge in [-0.2, -0.15) is 0 Å². The van der Waals surface area contributed by atoms with Crippen molar-refractivity contribution in [3.8, 4) is 0 Å². The molecule has 2 atom stereocenters. The highest BCUT2D eigenvalue weighted by atomic mass is 16.1. The Hall–Kier alpha value is -2.00. The van der Waals surface area contributed by atoms with Crippen molar-refractivity contribution in [3.05, 3.63) is 65.5 Å². The van der Waals surface area contributed by atoms with E-state index in [9.17, 15) is 4.79 Å². The van der Waals surface area contributed by atoms with Crippen LogP contribution in [0.4, 0.5) is 0 Å². The van der Waals surface area contributed by atoms with Crippen LogP contribution in [-0.4, -0.2) is 27.8 Å². The third kappa shape index (κ3) is 3.88. The predicted molar refractivity (Wildman–Crippen MR) is 104 cm³/mol. The van der Waals surface area contributed by atoms with Gasteiger partial charge in [0.05, 0.1) is 0 Å². The smallest absolute Gasteiger partial charge is 0.142 e. The van der Waals surface area contributed by atoms with Crippen LogP contribution < -0.4 is 0 Å². The molecule has 2 aliphatic rings. The SMILES string of the molecule is Cc1cccc(CC(=O)C2CC3CCCC(C2)N3Cc2ccccc2)n1. The molecule has 136 valence electrons. The number of Topliss-reactive ketones (excluding diaryl/α,β-unsaturated/α-hetero) is 1. The van der Waals surface area contributed by atoms with Crippen molar-refractivity contribution in [2.24, 2.45) is 5.92 Å². The summed E-state index contributed by atoms with van der Waals surface area (Å²) in [5.74, 6) is 0.596. The van der Waals surface area contributed by atoms with Crippen LogP contribution in [0.5, 0.6) is 0 Å². The maximum atomic E-state index is 12.9. The van der Waals surface area contributed by atoms with E-state index in [0.717, 1.165) is 30.8 Å². The maximum Gasteiger partial charge on any atom is 0.142 e. The van der Waals surface area contributed by atoms with Gasteiger partial charge in [0.2, 0.25) is 0 Å². The summed E-state index contributed by atoms with van der Waals surface area (Å²) >= 11 is 0. The van der Waals surface area contributed by atoms with Crippen LogP contribution in [0.15, 0.2) is 48.5 Å². The second-order valence-corrected chi connectivity index (χ2v) is 7.98. The van der Waals surface area contributed by atoms with Gasteiger partial charge in [-0.25, -0.2) is 0 Å². The number of nitrogens with zero attached hydrogens (tertiary/aromatic N) is 2. The van der Waals surface area contributed by atoms with Crippen LogP contribution in [0.25, 0.3) is 0 Å². The van der Waals surface area contributed by atoms with E-state index in [1.54, 1.807) is 0 Å². The minimum absolute atomic E-state index is 0.208. The topological polar surface area (TPSA) is 33.2 Å². The first-order valence-electron chi connectivity index (χ1n) is 9.94. The second kappa shape index (κ2) is 7.71. The zero-order valence-corrected chi connectivity index (χ0v) is 15.6. The molecule has 2 saturated heterocycles. The van der Waals surface area contributed by atoms with E-state index in [1.165, 1.54) is 24.8 Å². The van der Waals surface area contributed by atoms with E-state index in [4.69, 9.17) is 0 Å². The molecule has 2 fully saturated rings. The summed E-state index contributed by atoms with van der Waals surface area (Å²) in [4.78, 5) is 20.1. The Bertz CT molecular complexity index is 744. The molecule has 2 aliphatic heterocycles. The van der Waals surface area contributed by atoms with E-state index in [1.807, 2.05) is 25.1 Å². The Kier molecular flexibility index (Phi) is 5.16. The Balaban J connectivity index is 1.43. The fraction of sp³-hybridized carbons (Fsp3) is 0.478. The van der Waals surface area contributed by atoms with E-state index in [2.05, 4.69) is 40.2 Å². The highest BCUT2D eigenvalue weighted by Crippen LogP contribution is 2.38. The third-order valence-corrected chi connectivity index (χ3v) is 6.09. The zero-order chi connectivity index (χ0) is 17.9. The van der Waals surface area contributed by atoms with Gasteiger partial charge in [-0.1, -0.05) is 42.8 Å². The molecule has 0 spiro atoms. The quantitative estimate of drug-likeness (QED) is 0.806. The first-order valence-corrected chi connectivity index (χ1v) is 9.94. The molecule has 0 saturated carbocycles. The highest BCUT2D eigenvalue weighted by Gasteiger charge is 2.40. The average molecular weight is 348 g/mol. The second-order valence-electron chi connectivity index (χ2n) is 7.98. The molecule has 2 aromatic rings. The first kappa shape index (κ1) is 17.4. The number of pyridine rings is 1. The molecular weight excluding hydrogens is 320 g/mol. The molecule has 2 bridgehead atoms. The van der Waals surface area contributed by atoms with Crippen molar-refractivity contribution in [1.82, 2.24) is 9.88 Å². The number of fused-ring (bicyclic) bond motifs is 2. The fourth-order valence-electron chi connectivity index (χ4n) is 4.81. The summed E-state index contributed by atoms with van der Waals surface area (Å²) in [5, 5.41) is 0. The summed E-state index contributed by atoms with van der Waals surface area (Å²) in [7, 11) is 0. The lowest BCUT2D eigenvalue weighted by Gasteiger charge is -2.48. The zero-order valence-electron chi connectivity index (χ0n) is 15.6. The van der Waals surface area contributed by atoms with Crippen LogP contribution >= 0.6 is 0 Å². The lowest BCUT2D eigenvalue weighted by molar-refractivity contribution is -0.126. The molecule has 1 aromatic carbocycles. The Morgan fingerprint density at radius 2 is 1.77 bits per heavy atom. The predicted octanol–water partition coefficient (Wildman–Crippen LogP) is 4.33. The highest BCUT2D eigenvalue weighted by molar-refractivity contribution is 5.83. The molecule has 0 aliphatic carbocycles. The van der Waals surface area contributed by atoms with Gasteiger partial charge in [0.15, 0.2) is 0 Å². The van der Waals surface area contributed by atoms with Crippen LogP contribution in [0, 0.1) is 12.8 Å². The van der Waals surface area contributed by atoms with Gasteiger partial charge in [-0.05, 0) is 50.3 Å². The molecule has 2 unspecified atom stereocenters. The molecule has 0 N–H and O–H groups in total. The van der Waals surface area contributed by atoms with Gasteiger partial charge in [0.25, 0.3) is 0 Å². The van der Waals surface area contributed by atoms with Crippen molar-refractivity contribution < 1.29 is 4.79 Å². The normalized spacial score (nSPS) is 25.8. The molecule has 26 heavy (non-hydrogen) atoms. The van der Waals surface area contributed by atoms with Gasteiger partial charge >= 0.3 is 0 Å². The number of hydrogen-bond donors (Lipinski definition) is 0. The lowest BCUT2D eigenvalue weighted by Crippen LogP contribution is -2.52. The standard InChI is InChI=1S/C23H28N2O/c1-17-7-5-10-20(24-17)15-23(26)19-13-21-11-6-12-22(14-19)25(21)16-18-8-3-2-4-9-18/h2-5,7-10,19,21-22H,6,11-16H2,1H3. The number of piperidine rings is 2. The molecule has 1 aromatic heterocycles. The minimum atomic E-state index is 0.208. The van der Waals surface area contributed by atoms with Crippen molar-refractivity contribution in [2.75, 3.05) is 0 Å². The number of carbonyl (C=O) groups is 1. The van der Waals surface area contributed by atoms with Gasteiger partial charge in [0, 0.05) is 42.4 Å². The number of rotatable bonds is 5. The number of carbonyl (C=O) groups excluding carboxylic acids is 1. The van der Waals surface area contributed by atoms with Crippen molar-refractivity contribution >= 4 is 5.78 Å². The number of benzene rings is 1. The van der Waals surface area contributed by atoms with Crippen LogP contribution in [-0.2, 0) is 17.8 Å². The molecule has 0 radical (unpaired) electrons. The summed E-state index contributed by atoms with van der Waals surface area (Å²) in [5.41, 5.74) is 3.30. The van der Waals surface area contributed by atoms with Crippen molar-refractivity contribution in [1.29, 1.82) is 0 Å². The Morgan fingerprint density at radius 1 is 1.04 bits per heavy atom. The monoisotopic (exact) mass is 348 g/mol. The number of aryl methyl sites for hydroxylation is 1. The van der Waals surface area contributed by atoms with Gasteiger partial charge in [-0.15, -0.1) is 0 Å². The van der Waals surface area contributed by atoms with E-state index in [-0.39, 0.29) is 5.92 Å². The van der Waals surface area contributed by atoms with Crippen LogP contribution in [0.1, 0.15) is 49.1 Å². The van der Waals surface area contributed by atoms with Gasteiger partial charge in [0.1, 0.15) is 5.78 Å². The summed E-state index contributed by atoms with van der Waals surface area (Å²) in [6, 6.07) is 17.8. The molecule has 3 nitrogen and oxygen atoms in total. The number of aromatic nitrogens is 1. The molecule has 3 heteroatoms. The van der Waals surface area contributed by atoms with E-state index >= 15 is 0 Å². The van der Waals surface area contributed by atoms with Crippen molar-refractivity contribution in [3.63, 3.8) is 0 Å². The first-order chi connectivity index (χ1) is 12.7. The largest absolute Gasteiger partial charge is 0.299 e. The van der Waals surface area contributed by atoms with Crippen molar-refractivity contribution in [2.45, 2.75) is 64.1 Å². The van der Waals surface area contributed by atoms with Crippen LogP contribution in [0.3, 0.4) is 0 Å². The van der Waals surface area contributed by atoms with E-state index in [0.29, 0.717) is 24.3 Å². The molecular formula is C23H28N2O. The van der Waals surface area contributed by atoms with Gasteiger partial charge in [-0.3, -0.25) is 14.7 Å². The van der Waals surface area contributed by atoms with E-state index < -0.39 is 0 Å². The minimum Gasteiger partial charge on any atom is -0.299 e. The molecule has 0 amide bonds. The summed E-state index contributed by atoms with van der Waals surface area (Å²) < 4.78 is 0.